The topological polar surface area (TPSA) is 108 Å². The van der Waals surface area contributed by atoms with Crippen molar-refractivity contribution in [2.45, 2.75) is 27.2 Å². The Morgan fingerprint density at radius 2 is 1.74 bits per heavy atom. The van der Waals surface area contributed by atoms with Crippen LogP contribution in [0.4, 0.5) is 17.1 Å². The number of rotatable bonds is 6. The Morgan fingerprint density at radius 1 is 1.09 bits per heavy atom. The highest BCUT2D eigenvalue weighted by Crippen LogP contribution is 2.22. The second-order valence-electron chi connectivity index (χ2n) is 8.63. The molecule has 0 spiro atoms. The van der Waals surface area contributed by atoms with Gasteiger partial charge in [-0.3, -0.25) is 25.0 Å². The van der Waals surface area contributed by atoms with Gasteiger partial charge in [-0.2, -0.15) is 0 Å². The molecule has 9 nitrogen and oxygen atoms in total. The minimum atomic E-state index is -0.520. The molecule has 2 amide bonds. The lowest BCUT2D eigenvalue weighted by molar-refractivity contribution is -0.385. The lowest BCUT2D eigenvalue weighted by Crippen LogP contribution is -2.49. The molecule has 1 fully saturated rings. The quantitative estimate of drug-likeness (QED) is 0.366. The van der Waals surface area contributed by atoms with Crippen LogP contribution in [0.5, 0.6) is 0 Å². The molecule has 0 atom stereocenters. The molecular formula is C24H29N5O4S. The number of thiocarbonyl (C=S) groups is 1. The Labute approximate surface area is 204 Å². The highest BCUT2D eigenvalue weighted by atomic mass is 32.1. The number of hydrogen-bond acceptors (Lipinski definition) is 6. The normalized spacial score (nSPS) is 13.5. The van der Waals surface area contributed by atoms with Crippen LogP contribution in [-0.4, -0.2) is 52.9 Å². The van der Waals surface area contributed by atoms with E-state index in [1.807, 2.05) is 29.2 Å². The van der Waals surface area contributed by atoms with Crippen molar-refractivity contribution in [2.75, 3.05) is 36.4 Å². The van der Waals surface area contributed by atoms with E-state index in [9.17, 15) is 19.7 Å². The number of carbonyl (C=O) groups excluding carboxylic acids is 2. The van der Waals surface area contributed by atoms with Crippen molar-refractivity contribution < 1.29 is 14.5 Å². The van der Waals surface area contributed by atoms with Crippen molar-refractivity contribution in [3.63, 3.8) is 0 Å². The number of hydrogen-bond donors (Lipinski definition) is 2. The van der Waals surface area contributed by atoms with E-state index < -0.39 is 10.8 Å². The first-order chi connectivity index (χ1) is 16.2. The molecule has 1 aliphatic rings. The largest absolute Gasteiger partial charge is 0.368 e. The number of nitrogens with zero attached hydrogens (tertiary/aromatic N) is 3. The van der Waals surface area contributed by atoms with E-state index in [1.165, 1.54) is 25.1 Å². The molecule has 180 valence electrons. The van der Waals surface area contributed by atoms with Crippen LogP contribution < -0.4 is 15.5 Å². The summed E-state index contributed by atoms with van der Waals surface area (Å²) in [4.78, 5) is 39.5. The predicted octanol–water partition coefficient (Wildman–Crippen LogP) is 3.72. The van der Waals surface area contributed by atoms with Crippen LogP contribution in [-0.2, 0) is 4.79 Å². The Hall–Kier alpha value is -3.53. The number of piperazine rings is 1. The molecular weight excluding hydrogens is 454 g/mol. The van der Waals surface area contributed by atoms with E-state index in [2.05, 4.69) is 29.4 Å². The third-order valence-corrected chi connectivity index (χ3v) is 5.88. The van der Waals surface area contributed by atoms with Crippen LogP contribution in [0.15, 0.2) is 42.5 Å². The maximum absolute atomic E-state index is 12.5. The highest BCUT2D eigenvalue weighted by Gasteiger charge is 2.22. The highest BCUT2D eigenvalue weighted by molar-refractivity contribution is 7.80. The minimum Gasteiger partial charge on any atom is -0.368 e. The first kappa shape index (κ1) is 25.1. The zero-order chi connectivity index (χ0) is 24.8. The third-order valence-electron chi connectivity index (χ3n) is 5.68. The van der Waals surface area contributed by atoms with Gasteiger partial charge in [-0.05, 0) is 55.4 Å². The molecule has 0 aliphatic carbocycles. The first-order valence-corrected chi connectivity index (χ1v) is 11.6. The molecule has 0 radical (unpaired) electrons. The van der Waals surface area contributed by atoms with Crippen LogP contribution in [0.25, 0.3) is 0 Å². The van der Waals surface area contributed by atoms with Gasteiger partial charge in [0, 0.05) is 61.2 Å². The molecule has 2 aromatic carbocycles. The Kier molecular flexibility index (Phi) is 8.17. The van der Waals surface area contributed by atoms with Gasteiger partial charge in [-0.1, -0.05) is 19.9 Å². The molecule has 0 saturated carbocycles. The number of anilines is 2. The number of nitrogens with one attached hydrogen (secondary N) is 2. The second kappa shape index (κ2) is 11.1. The number of benzene rings is 2. The fourth-order valence-corrected chi connectivity index (χ4v) is 4.06. The lowest BCUT2D eigenvalue weighted by atomic mass is 10.1. The molecule has 10 heteroatoms. The zero-order valence-electron chi connectivity index (χ0n) is 19.5. The SMILES string of the molecule is Cc1c(C(=O)NC(=S)Nc2ccc(N3CCN(C(=O)CC(C)C)CC3)cc2)cccc1[N+](=O)[O-]. The van der Waals surface area contributed by atoms with Crippen LogP contribution >= 0.6 is 12.2 Å². The Bertz CT molecular complexity index is 1080. The predicted molar refractivity (Wildman–Crippen MR) is 136 cm³/mol. The second-order valence-corrected chi connectivity index (χ2v) is 9.04. The van der Waals surface area contributed by atoms with E-state index in [-0.39, 0.29) is 27.8 Å². The molecule has 1 aliphatic heterocycles. The fourth-order valence-electron chi connectivity index (χ4n) is 3.85. The van der Waals surface area contributed by atoms with Crippen LogP contribution in [0, 0.1) is 23.0 Å². The number of carbonyl (C=O) groups is 2. The molecule has 1 saturated heterocycles. The first-order valence-electron chi connectivity index (χ1n) is 11.1. The van der Waals surface area contributed by atoms with Crippen molar-refractivity contribution in [2.24, 2.45) is 5.92 Å². The van der Waals surface area contributed by atoms with Gasteiger partial charge in [-0.15, -0.1) is 0 Å². The Morgan fingerprint density at radius 3 is 2.32 bits per heavy atom. The van der Waals surface area contributed by atoms with E-state index in [4.69, 9.17) is 12.2 Å². The van der Waals surface area contributed by atoms with Crippen molar-refractivity contribution in [1.82, 2.24) is 10.2 Å². The third kappa shape index (κ3) is 6.28. The number of nitro benzene ring substituents is 1. The van der Waals surface area contributed by atoms with Crippen LogP contribution in [0.2, 0.25) is 0 Å². The molecule has 3 rings (SSSR count). The fraction of sp³-hybridized carbons (Fsp3) is 0.375. The Balaban J connectivity index is 1.54. The van der Waals surface area contributed by atoms with E-state index in [0.717, 1.165) is 18.8 Å². The van der Waals surface area contributed by atoms with Gasteiger partial charge in [0.25, 0.3) is 11.6 Å². The zero-order valence-corrected chi connectivity index (χ0v) is 20.4. The van der Waals surface area contributed by atoms with Gasteiger partial charge in [-0.25, -0.2) is 0 Å². The van der Waals surface area contributed by atoms with Crippen molar-refractivity contribution in [3.8, 4) is 0 Å². The molecule has 0 unspecified atom stereocenters. The monoisotopic (exact) mass is 483 g/mol. The molecule has 2 N–H and O–H groups in total. The molecule has 1 heterocycles. The summed E-state index contributed by atoms with van der Waals surface area (Å²) in [6, 6.07) is 12.0. The van der Waals surface area contributed by atoms with Gasteiger partial charge in [0.1, 0.15) is 0 Å². The van der Waals surface area contributed by atoms with Crippen LogP contribution in [0.3, 0.4) is 0 Å². The van der Waals surface area contributed by atoms with Gasteiger partial charge in [0.05, 0.1) is 4.92 Å². The van der Waals surface area contributed by atoms with E-state index in [0.29, 0.717) is 31.1 Å². The summed E-state index contributed by atoms with van der Waals surface area (Å²) in [5.74, 6) is 0.0573. The van der Waals surface area contributed by atoms with Crippen LogP contribution in [0.1, 0.15) is 36.2 Å². The average Bonchev–Trinajstić information content (AvgIpc) is 2.79. The van der Waals surface area contributed by atoms with E-state index in [1.54, 1.807) is 0 Å². The summed E-state index contributed by atoms with van der Waals surface area (Å²) >= 11 is 5.24. The van der Waals surface area contributed by atoms with Gasteiger partial charge in [0.15, 0.2) is 5.11 Å². The smallest absolute Gasteiger partial charge is 0.273 e. The van der Waals surface area contributed by atoms with Gasteiger partial charge >= 0.3 is 0 Å². The van der Waals surface area contributed by atoms with Crippen molar-refractivity contribution in [3.05, 3.63) is 63.7 Å². The maximum atomic E-state index is 12.5. The minimum absolute atomic E-state index is 0.0981. The summed E-state index contributed by atoms with van der Waals surface area (Å²) in [6.07, 6.45) is 0.581. The number of amides is 2. The molecule has 2 aromatic rings. The lowest BCUT2D eigenvalue weighted by Gasteiger charge is -2.36. The van der Waals surface area contributed by atoms with Crippen molar-refractivity contribution in [1.29, 1.82) is 0 Å². The number of nitro groups is 1. The molecule has 0 aromatic heterocycles. The van der Waals surface area contributed by atoms with Gasteiger partial charge in [0.2, 0.25) is 5.91 Å². The summed E-state index contributed by atoms with van der Waals surface area (Å²) in [5.41, 5.74) is 2.11. The standard InChI is InChI=1S/C24H29N5O4S/c1-16(2)15-22(30)28-13-11-27(12-14-28)19-9-7-18(8-10-19)25-24(34)26-23(31)20-5-4-6-21(17(20)3)29(32)33/h4-10,16H,11-15H2,1-3H3,(H2,25,26,31,34). The summed E-state index contributed by atoms with van der Waals surface area (Å²) in [5, 5.41) is 16.7. The maximum Gasteiger partial charge on any atom is 0.273 e. The molecule has 0 bridgehead atoms. The average molecular weight is 484 g/mol. The summed E-state index contributed by atoms with van der Waals surface area (Å²) in [6.45, 7) is 8.59. The molecule has 34 heavy (non-hydrogen) atoms. The summed E-state index contributed by atoms with van der Waals surface area (Å²) < 4.78 is 0. The summed E-state index contributed by atoms with van der Waals surface area (Å²) in [7, 11) is 0. The van der Waals surface area contributed by atoms with Gasteiger partial charge < -0.3 is 15.1 Å². The van der Waals surface area contributed by atoms with E-state index >= 15 is 0 Å². The van der Waals surface area contributed by atoms with Crippen molar-refractivity contribution >= 4 is 46.2 Å².